The van der Waals surface area contributed by atoms with E-state index >= 15 is 0 Å². The zero-order valence-electron chi connectivity index (χ0n) is 45.3. The highest BCUT2D eigenvalue weighted by atomic mass is 31.3. The molecule has 1 fully saturated rings. The third-order valence-corrected chi connectivity index (χ3v) is 16.4. The van der Waals surface area contributed by atoms with Crippen LogP contribution in [0.15, 0.2) is 41.4 Å². The van der Waals surface area contributed by atoms with Gasteiger partial charge in [0.15, 0.2) is 6.10 Å². The van der Waals surface area contributed by atoms with Gasteiger partial charge < -0.3 is 55.3 Å². The molecule has 9 N–H and O–H groups in total. The number of aromatic nitrogens is 2. The van der Waals surface area contributed by atoms with Crippen LogP contribution < -0.4 is 11.4 Å². The lowest BCUT2D eigenvalue weighted by Gasteiger charge is -2.40. The van der Waals surface area contributed by atoms with Gasteiger partial charge in [0.05, 0.1) is 37.6 Å². The Morgan fingerprint density at radius 1 is 0.816 bits per heavy atom. The fraction of sp³-hybridized carbons (Fsp3) is 0.811. The molecule has 0 aliphatic carbocycles. The number of fused-ring (bicyclic) bond motifs is 3. The lowest BCUT2D eigenvalue weighted by atomic mass is 9.82. The van der Waals surface area contributed by atoms with E-state index in [1.165, 1.54) is 95.0 Å². The predicted octanol–water partition coefficient (Wildman–Crippen LogP) is 8.41. The first-order valence-corrected chi connectivity index (χ1v) is 31.0. The number of aliphatic hydroxyl groups excluding tert-OH is 5. The van der Waals surface area contributed by atoms with Gasteiger partial charge >= 0.3 is 33.3 Å². The molecule has 0 radical (unpaired) electrons. The first kappa shape index (κ1) is 67.4. The number of aliphatic hydroxyl groups is 5. The normalized spacial score (nSPS) is 29.9. The number of carbonyl (C=O) groups is 2. The van der Waals surface area contributed by atoms with Gasteiger partial charge in [-0.15, -0.1) is 0 Å². The summed E-state index contributed by atoms with van der Waals surface area (Å²) in [5.74, 6) is -3.35. The number of nitrogens with zero attached hydrogens (tertiary/aromatic N) is 2. The number of anilines is 1. The molecule has 12 atom stereocenters. The summed E-state index contributed by atoms with van der Waals surface area (Å²) in [5, 5.41) is 57.5. The Bertz CT molecular complexity index is 2010. The van der Waals surface area contributed by atoms with Gasteiger partial charge in [-0.1, -0.05) is 161 Å². The van der Waals surface area contributed by atoms with Gasteiger partial charge in [0.1, 0.15) is 30.9 Å². The first-order valence-electron chi connectivity index (χ1n) is 28.0. The van der Waals surface area contributed by atoms with Gasteiger partial charge in [0.25, 0.3) is 0 Å². The van der Waals surface area contributed by atoms with E-state index in [-0.39, 0.29) is 31.5 Å². The summed E-state index contributed by atoms with van der Waals surface area (Å²) < 4.78 is 59.2. The lowest BCUT2D eigenvalue weighted by Crippen LogP contribution is -2.52. The summed E-state index contributed by atoms with van der Waals surface area (Å²) in [6.07, 6.45) is 15.1. The zero-order valence-corrected chi connectivity index (χ0v) is 47.1. The maximum atomic E-state index is 13.4. The summed E-state index contributed by atoms with van der Waals surface area (Å²) in [7, 11) is -11.3. The smallest absolute Gasteiger partial charge is 0.462 e. The van der Waals surface area contributed by atoms with Crippen molar-refractivity contribution in [1.82, 2.24) is 9.55 Å². The van der Waals surface area contributed by atoms with E-state index in [1.807, 2.05) is 6.92 Å². The minimum absolute atomic E-state index is 0.00444. The van der Waals surface area contributed by atoms with Crippen LogP contribution in [0.4, 0.5) is 5.82 Å². The quantitative estimate of drug-likeness (QED) is 0.0187. The fourth-order valence-corrected chi connectivity index (χ4v) is 11.4. The Balaban J connectivity index is 1.72. The molecule has 2 unspecified atom stereocenters. The highest BCUT2D eigenvalue weighted by Gasteiger charge is 2.45. The number of nitrogen functional groups attached to an aromatic ring is 1. The predicted molar refractivity (Wildman–Crippen MR) is 286 cm³/mol. The number of rotatable bonds is 26. The molecule has 0 aromatic carbocycles. The van der Waals surface area contributed by atoms with Crippen LogP contribution in [0.3, 0.4) is 0 Å². The summed E-state index contributed by atoms with van der Waals surface area (Å²) in [4.78, 5) is 64.4. The molecule has 1 saturated heterocycles. The zero-order chi connectivity index (χ0) is 55.9. The number of phosphoric acid groups is 2. The standard InChI is InChI=1S/C53H93N3O18P2/c1-4-5-21-27-40(57)31-32-42-44(58)35-45(59)43-28-23-19-20-24-29-48(60)69-36-41(72-49(61)30-25-18-16-14-12-10-8-6-7-9-11-13-15-17-22-26-39(2)3)37-70-75(65,66)74-76(67,68)71-38-46(51(63)50(42)62)73-52(43)56-34-33-47(54)55-53(56)64/h19,23,31-34,39-46,50-52,57-59,62-63H,4-18,20-22,24-30,35-38H2,1-3H3,(H,65,66)(H,67,68)(H2,54,55,64)/b23-19-,32-31+/t40-,41+,42-,43-,44+,45-,46+,50-,51+,52+/m0/s1. The molecule has 438 valence electrons. The maximum absolute atomic E-state index is 13.4. The van der Waals surface area contributed by atoms with E-state index in [9.17, 15) is 58.8 Å². The number of unbranched alkanes of at least 4 members (excludes halogenated alkanes) is 16. The molecule has 1 aromatic rings. The van der Waals surface area contributed by atoms with Crippen molar-refractivity contribution in [3.8, 4) is 0 Å². The van der Waals surface area contributed by atoms with E-state index < -0.39 is 120 Å². The third-order valence-electron chi connectivity index (χ3n) is 13.8. The number of hydrogen-bond donors (Lipinski definition) is 8. The first-order chi connectivity index (χ1) is 36.2. The van der Waals surface area contributed by atoms with Gasteiger partial charge in [-0.3, -0.25) is 23.2 Å². The van der Waals surface area contributed by atoms with Crippen molar-refractivity contribution in [2.75, 3.05) is 25.6 Å². The number of hydrogen-bond acceptors (Lipinski definition) is 18. The molecule has 76 heavy (non-hydrogen) atoms. The minimum Gasteiger partial charge on any atom is -0.462 e. The lowest BCUT2D eigenvalue weighted by molar-refractivity contribution is -0.194. The largest absolute Gasteiger partial charge is 0.481 e. The second-order valence-electron chi connectivity index (χ2n) is 20.9. The van der Waals surface area contributed by atoms with Crippen LogP contribution in [0.5, 0.6) is 0 Å². The average molecular weight is 1120 g/mol. The van der Waals surface area contributed by atoms with Crippen LogP contribution >= 0.6 is 15.6 Å². The van der Waals surface area contributed by atoms with Gasteiger partial charge in [0, 0.05) is 37.3 Å². The third kappa shape index (κ3) is 27.8. The van der Waals surface area contributed by atoms with Crippen LogP contribution in [0.1, 0.15) is 194 Å². The van der Waals surface area contributed by atoms with Crippen molar-refractivity contribution in [2.45, 2.75) is 237 Å². The Morgan fingerprint density at radius 2 is 1.41 bits per heavy atom. The highest BCUT2D eigenvalue weighted by Crippen LogP contribution is 2.60. The Kier molecular flexibility index (Phi) is 32.9. The minimum atomic E-state index is -5.71. The van der Waals surface area contributed by atoms with Crippen molar-refractivity contribution < 1.29 is 81.6 Å². The van der Waals surface area contributed by atoms with Gasteiger partial charge in [-0.2, -0.15) is 9.29 Å². The maximum Gasteiger partial charge on any atom is 0.481 e. The van der Waals surface area contributed by atoms with E-state index in [4.69, 9.17) is 29.0 Å². The summed E-state index contributed by atoms with van der Waals surface area (Å²) in [6, 6.07) is 1.25. The molecule has 21 nitrogen and oxygen atoms in total. The molecule has 23 heteroatoms. The van der Waals surface area contributed by atoms with Crippen molar-refractivity contribution in [1.29, 1.82) is 0 Å². The molecule has 0 saturated carbocycles. The fourth-order valence-electron chi connectivity index (χ4n) is 9.30. The van der Waals surface area contributed by atoms with E-state index in [0.717, 1.165) is 49.0 Å². The second kappa shape index (κ2) is 37.1. The molecule has 0 spiro atoms. The van der Waals surface area contributed by atoms with E-state index in [1.54, 1.807) is 12.2 Å². The number of nitrogens with two attached hydrogens (primary N) is 1. The average Bonchev–Trinajstić information content (AvgIpc) is 3.35. The molecular formula is C53H93N3O18P2. The number of phosphoric ester groups is 2. The van der Waals surface area contributed by atoms with E-state index in [2.05, 4.69) is 23.1 Å². The van der Waals surface area contributed by atoms with Gasteiger partial charge in [0.2, 0.25) is 0 Å². The van der Waals surface area contributed by atoms with Crippen molar-refractivity contribution in [3.63, 3.8) is 0 Å². The molecule has 2 aliphatic heterocycles. The van der Waals surface area contributed by atoms with Crippen LogP contribution in [-0.4, -0.2) is 119 Å². The molecule has 3 rings (SSSR count). The Hall–Kier alpha value is -2.88. The number of allylic oxidation sites excluding steroid dienone is 2. The van der Waals surface area contributed by atoms with Crippen molar-refractivity contribution in [2.24, 2.45) is 17.8 Å². The van der Waals surface area contributed by atoms with Crippen LogP contribution in [0.25, 0.3) is 0 Å². The van der Waals surface area contributed by atoms with Gasteiger partial charge in [-0.25, -0.2) is 13.9 Å². The van der Waals surface area contributed by atoms with Crippen LogP contribution in [0.2, 0.25) is 0 Å². The topological polar surface area (TPSA) is 326 Å². The number of ether oxygens (including phenoxy) is 3. The van der Waals surface area contributed by atoms with Crippen molar-refractivity contribution >= 4 is 33.4 Å². The van der Waals surface area contributed by atoms with Crippen LogP contribution in [-0.2, 0) is 46.3 Å². The highest BCUT2D eigenvalue weighted by molar-refractivity contribution is 7.61. The Labute approximate surface area is 450 Å². The molecular weight excluding hydrogens is 1030 g/mol. The monoisotopic (exact) mass is 1120 g/mol. The Morgan fingerprint density at radius 3 is 2.01 bits per heavy atom. The number of carbonyl (C=O) groups excluding carboxylic acids is 2. The van der Waals surface area contributed by atoms with Gasteiger partial charge in [-0.05, 0) is 44.1 Å². The summed E-state index contributed by atoms with van der Waals surface area (Å²) >= 11 is 0. The number of esters is 2. The van der Waals surface area contributed by atoms with Crippen molar-refractivity contribution in [3.05, 3.63) is 47.1 Å². The molecule has 3 heterocycles. The molecule has 2 aliphatic rings. The SMILES string of the molecule is CCCCC[C@H](O)/C=C/[C@@H]1[C@H](O)[C@H](O)[C@H]2COP(=O)(O)OP(=O)(O)OC[C@H](OC(=O)CCCCCCCCCCCCCCCCCC(C)C)COC(=O)CCC/C=C\C[C@H]([C@H](n3ccc(N)nc3=O)O2)[C@@H](O)C[C@H]1O. The van der Waals surface area contributed by atoms with E-state index in [0.29, 0.717) is 25.7 Å². The summed E-state index contributed by atoms with van der Waals surface area (Å²) in [5.41, 5.74) is 4.79. The molecule has 0 amide bonds. The number of cyclic esters (lactones) is 1. The van der Waals surface area contributed by atoms with Crippen LogP contribution in [0, 0.1) is 17.8 Å². The second-order valence-corrected chi connectivity index (χ2v) is 23.9. The molecule has 2 bridgehead atoms. The summed E-state index contributed by atoms with van der Waals surface area (Å²) in [6.45, 7) is 3.83. The molecule has 1 aromatic heterocycles.